The van der Waals surface area contributed by atoms with Crippen LogP contribution in [0.5, 0.6) is 0 Å². The Morgan fingerprint density at radius 1 is 1.21 bits per heavy atom. The summed E-state index contributed by atoms with van der Waals surface area (Å²) in [6, 6.07) is 11.4. The molecule has 2 atom stereocenters. The van der Waals surface area contributed by atoms with Gasteiger partial charge in [0.1, 0.15) is 0 Å². The van der Waals surface area contributed by atoms with E-state index in [9.17, 15) is 0 Å². The lowest BCUT2D eigenvalue weighted by molar-refractivity contribution is 0.193. The minimum Gasteiger partial charge on any atom is -0.396 e. The lowest BCUT2D eigenvalue weighted by atomic mass is 10.0. The van der Waals surface area contributed by atoms with E-state index in [2.05, 4.69) is 53.9 Å². The number of aliphatic hydroxyl groups excluding tert-OH is 1. The van der Waals surface area contributed by atoms with Gasteiger partial charge < -0.3 is 5.11 Å². The molecule has 1 fully saturated rings. The van der Waals surface area contributed by atoms with Crippen LogP contribution in [0, 0.1) is 0 Å². The van der Waals surface area contributed by atoms with Gasteiger partial charge in [0.2, 0.25) is 0 Å². The van der Waals surface area contributed by atoms with Crippen molar-refractivity contribution >= 4 is 11.8 Å². The summed E-state index contributed by atoms with van der Waals surface area (Å²) in [6.07, 6.45) is 3.27. The second-order valence-electron chi connectivity index (χ2n) is 5.25. The molecule has 1 heterocycles. The highest BCUT2D eigenvalue weighted by atomic mass is 32.2. The maximum atomic E-state index is 8.86. The van der Waals surface area contributed by atoms with E-state index in [0.717, 1.165) is 19.4 Å². The molecule has 106 valence electrons. The Morgan fingerprint density at radius 2 is 2.00 bits per heavy atom. The maximum absolute atomic E-state index is 8.86. The number of unbranched alkanes of at least 4 members (excludes halogenated alkanes) is 2. The third-order valence-electron chi connectivity index (χ3n) is 3.84. The highest BCUT2D eigenvalue weighted by molar-refractivity contribution is 8.00. The maximum Gasteiger partial charge on any atom is 0.0464 e. The number of benzene rings is 1. The van der Waals surface area contributed by atoms with E-state index >= 15 is 0 Å². The first-order valence-corrected chi connectivity index (χ1v) is 8.39. The Labute approximate surface area is 121 Å². The fourth-order valence-corrected chi connectivity index (χ4v) is 4.09. The van der Waals surface area contributed by atoms with Gasteiger partial charge in [-0.15, -0.1) is 0 Å². The van der Waals surface area contributed by atoms with E-state index in [-0.39, 0.29) is 0 Å². The van der Waals surface area contributed by atoms with Crippen LogP contribution in [-0.4, -0.2) is 40.7 Å². The molecule has 0 radical (unpaired) electrons. The van der Waals surface area contributed by atoms with Gasteiger partial charge in [0.05, 0.1) is 0 Å². The molecule has 0 aromatic heterocycles. The molecule has 19 heavy (non-hydrogen) atoms. The Bertz CT molecular complexity index is 357. The van der Waals surface area contributed by atoms with Crippen molar-refractivity contribution in [2.75, 3.05) is 25.4 Å². The van der Waals surface area contributed by atoms with E-state index < -0.39 is 0 Å². The van der Waals surface area contributed by atoms with Gasteiger partial charge in [0.25, 0.3) is 0 Å². The van der Waals surface area contributed by atoms with Crippen molar-refractivity contribution in [3.63, 3.8) is 0 Å². The zero-order valence-electron chi connectivity index (χ0n) is 11.8. The molecule has 2 unspecified atom stereocenters. The Hall–Kier alpha value is -0.510. The van der Waals surface area contributed by atoms with Crippen molar-refractivity contribution in [3.8, 4) is 0 Å². The molecule has 1 aromatic carbocycles. The van der Waals surface area contributed by atoms with Gasteiger partial charge in [0, 0.05) is 30.2 Å². The van der Waals surface area contributed by atoms with Crippen LogP contribution < -0.4 is 0 Å². The summed E-state index contributed by atoms with van der Waals surface area (Å²) in [7, 11) is 0. The monoisotopic (exact) mass is 279 g/mol. The third kappa shape index (κ3) is 4.23. The standard InChI is InChI=1S/C16H25NOS/c1-14-16(15-8-4-2-5-9-15)17(11-13-19-14)10-6-3-7-12-18/h2,4-5,8-9,14,16,18H,3,6-7,10-13H2,1H3. The average Bonchev–Trinajstić information content (AvgIpc) is 2.45. The number of hydrogen-bond donors (Lipinski definition) is 1. The summed E-state index contributed by atoms with van der Waals surface area (Å²) >= 11 is 2.09. The van der Waals surface area contributed by atoms with Crippen LogP contribution in [0.25, 0.3) is 0 Å². The zero-order valence-corrected chi connectivity index (χ0v) is 12.6. The van der Waals surface area contributed by atoms with Gasteiger partial charge in [-0.05, 0) is 31.4 Å². The predicted octanol–water partition coefficient (Wildman–Crippen LogP) is 3.33. The van der Waals surface area contributed by atoms with E-state index in [1.165, 1.54) is 24.3 Å². The Morgan fingerprint density at radius 3 is 2.74 bits per heavy atom. The molecular formula is C16H25NOS. The normalized spacial score (nSPS) is 24.5. The van der Waals surface area contributed by atoms with Crippen molar-refractivity contribution in [2.45, 2.75) is 37.5 Å². The molecule has 1 aliphatic heterocycles. The smallest absolute Gasteiger partial charge is 0.0464 e. The van der Waals surface area contributed by atoms with E-state index in [0.29, 0.717) is 17.9 Å². The lowest BCUT2D eigenvalue weighted by Gasteiger charge is -2.40. The Balaban J connectivity index is 1.98. The molecule has 0 bridgehead atoms. The summed E-state index contributed by atoms with van der Waals surface area (Å²) in [5.74, 6) is 1.24. The van der Waals surface area contributed by atoms with Crippen LogP contribution in [0.3, 0.4) is 0 Å². The molecule has 1 saturated heterocycles. The molecule has 1 aliphatic rings. The minimum absolute atomic E-state index is 0.328. The minimum atomic E-state index is 0.328. The first-order valence-electron chi connectivity index (χ1n) is 7.34. The molecule has 2 nitrogen and oxygen atoms in total. The fraction of sp³-hybridized carbons (Fsp3) is 0.625. The van der Waals surface area contributed by atoms with Crippen molar-refractivity contribution in [1.29, 1.82) is 0 Å². The van der Waals surface area contributed by atoms with Crippen LogP contribution >= 0.6 is 11.8 Å². The molecule has 1 aromatic rings. The first-order chi connectivity index (χ1) is 9.33. The number of thioether (sulfide) groups is 1. The van der Waals surface area contributed by atoms with Crippen LogP contribution in [0.15, 0.2) is 30.3 Å². The molecule has 0 amide bonds. The molecule has 1 N–H and O–H groups in total. The number of nitrogens with zero attached hydrogens (tertiary/aromatic N) is 1. The van der Waals surface area contributed by atoms with E-state index in [1.807, 2.05) is 0 Å². The molecular weight excluding hydrogens is 254 g/mol. The Kier molecular flexibility index (Phi) is 6.21. The number of aliphatic hydroxyl groups is 1. The van der Waals surface area contributed by atoms with Gasteiger partial charge in [-0.25, -0.2) is 0 Å². The molecule has 3 heteroatoms. The van der Waals surface area contributed by atoms with Crippen LogP contribution in [0.1, 0.15) is 37.8 Å². The van der Waals surface area contributed by atoms with Crippen LogP contribution in [0.4, 0.5) is 0 Å². The molecule has 0 spiro atoms. The van der Waals surface area contributed by atoms with Gasteiger partial charge in [-0.2, -0.15) is 11.8 Å². The van der Waals surface area contributed by atoms with Crippen molar-refractivity contribution in [1.82, 2.24) is 4.90 Å². The average molecular weight is 279 g/mol. The number of rotatable bonds is 6. The first kappa shape index (κ1) is 14.9. The molecule has 0 aliphatic carbocycles. The van der Waals surface area contributed by atoms with Gasteiger partial charge in [0.15, 0.2) is 0 Å². The highest BCUT2D eigenvalue weighted by Crippen LogP contribution is 2.35. The number of hydrogen-bond acceptors (Lipinski definition) is 3. The summed E-state index contributed by atoms with van der Waals surface area (Å²) in [5.41, 5.74) is 1.45. The van der Waals surface area contributed by atoms with Gasteiger partial charge in [-0.1, -0.05) is 37.3 Å². The largest absolute Gasteiger partial charge is 0.396 e. The van der Waals surface area contributed by atoms with Crippen LogP contribution in [0.2, 0.25) is 0 Å². The lowest BCUT2D eigenvalue weighted by Crippen LogP contribution is -2.40. The van der Waals surface area contributed by atoms with Crippen molar-refractivity contribution in [2.24, 2.45) is 0 Å². The summed E-state index contributed by atoms with van der Waals surface area (Å²) in [5, 5.41) is 9.52. The molecule has 0 saturated carbocycles. The second kappa shape index (κ2) is 7.93. The summed E-state index contributed by atoms with van der Waals surface area (Å²) < 4.78 is 0. The van der Waals surface area contributed by atoms with Crippen LogP contribution in [-0.2, 0) is 0 Å². The zero-order chi connectivity index (χ0) is 13.5. The third-order valence-corrected chi connectivity index (χ3v) is 5.04. The van der Waals surface area contributed by atoms with E-state index in [1.54, 1.807) is 0 Å². The van der Waals surface area contributed by atoms with Gasteiger partial charge >= 0.3 is 0 Å². The van der Waals surface area contributed by atoms with Crippen molar-refractivity contribution < 1.29 is 5.11 Å². The second-order valence-corrected chi connectivity index (χ2v) is 6.74. The van der Waals surface area contributed by atoms with Crippen molar-refractivity contribution in [3.05, 3.63) is 35.9 Å². The summed E-state index contributed by atoms with van der Waals surface area (Å²) in [4.78, 5) is 2.63. The highest BCUT2D eigenvalue weighted by Gasteiger charge is 2.29. The van der Waals surface area contributed by atoms with Gasteiger partial charge in [-0.3, -0.25) is 4.90 Å². The SMILES string of the molecule is CC1SCCN(CCCCCO)C1c1ccccc1. The van der Waals surface area contributed by atoms with E-state index in [4.69, 9.17) is 5.11 Å². The fourth-order valence-electron chi connectivity index (χ4n) is 2.87. The predicted molar refractivity (Wildman–Crippen MR) is 83.6 cm³/mol. The molecule has 2 rings (SSSR count). The quantitative estimate of drug-likeness (QED) is 0.808. The summed E-state index contributed by atoms with van der Waals surface area (Å²) in [6.45, 7) is 5.02. The topological polar surface area (TPSA) is 23.5 Å².